The summed E-state index contributed by atoms with van der Waals surface area (Å²) in [5.41, 5.74) is -1.68. The van der Waals surface area contributed by atoms with E-state index in [1.807, 2.05) is 0 Å². The van der Waals surface area contributed by atoms with Gasteiger partial charge in [-0.2, -0.15) is 0 Å². The molecule has 0 spiro atoms. The summed E-state index contributed by atoms with van der Waals surface area (Å²) in [5.74, 6) is -17.7. The van der Waals surface area contributed by atoms with Gasteiger partial charge in [0.1, 0.15) is 17.9 Å². The number of benzene rings is 2. The van der Waals surface area contributed by atoms with Crippen molar-refractivity contribution >= 4 is 23.7 Å². The smallest absolute Gasteiger partial charge is 0.331 e. The van der Waals surface area contributed by atoms with E-state index < -0.39 is 113 Å². The number of phenolic OH excluding ortho intramolecular Hbond substituents is 1. The molecule has 11 nitrogen and oxygen atoms in total. The third-order valence-corrected chi connectivity index (χ3v) is 7.54. The second-order valence-corrected chi connectivity index (χ2v) is 10.4. The Kier molecular flexibility index (Phi) is 9.73. The van der Waals surface area contributed by atoms with Crippen LogP contribution in [0.25, 0.3) is 0 Å². The van der Waals surface area contributed by atoms with Crippen LogP contribution in [0.3, 0.4) is 0 Å². The lowest BCUT2D eigenvalue weighted by Gasteiger charge is -2.37. The van der Waals surface area contributed by atoms with Crippen LogP contribution in [0.1, 0.15) is 36.2 Å². The van der Waals surface area contributed by atoms with Crippen LogP contribution in [0, 0.1) is 35.0 Å². The molecule has 0 radical (unpaired) electrons. The fourth-order valence-electron chi connectivity index (χ4n) is 4.79. The number of ether oxygens (including phenoxy) is 2. The lowest BCUT2D eigenvalue weighted by atomic mass is 9.90. The molecule has 3 amide bonds. The number of nitrogens with one attached hydrogen (secondary N) is 3. The number of rotatable bonds is 5. The molecule has 0 aliphatic carbocycles. The molecule has 2 fully saturated rings. The molecule has 0 bridgehead atoms. The Morgan fingerprint density at radius 1 is 0.955 bits per heavy atom. The van der Waals surface area contributed by atoms with Gasteiger partial charge in [0.25, 0.3) is 5.91 Å². The van der Waals surface area contributed by atoms with Crippen molar-refractivity contribution in [1.29, 1.82) is 0 Å². The zero-order valence-corrected chi connectivity index (χ0v) is 23.2. The number of halogens is 5. The summed E-state index contributed by atoms with van der Waals surface area (Å²) in [6.45, 7) is 2.58. The van der Waals surface area contributed by atoms with Crippen LogP contribution < -0.4 is 16.0 Å². The van der Waals surface area contributed by atoms with E-state index in [1.54, 1.807) is 0 Å². The number of aliphatic hydroxyl groups is 1. The minimum atomic E-state index is -2.42. The summed E-state index contributed by atoms with van der Waals surface area (Å²) in [4.78, 5) is 52.7. The van der Waals surface area contributed by atoms with Crippen molar-refractivity contribution in [3.8, 4) is 5.75 Å². The Hall–Kier alpha value is -4.31. The summed E-state index contributed by atoms with van der Waals surface area (Å²) in [6.07, 6.45) is -5.27. The van der Waals surface area contributed by atoms with E-state index in [9.17, 15) is 51.3 Å². The minimum absolute atomic E-state index is 0.254. The molecule has 2 aromatic rings. The van der Waals surface area contributed by atoms with Gasteiger partial charge in [-0.15, -0.1) is 0 Å². The maximum Gasteiger partial charge on any atom is 0.331 e. The Morgan fingerprint density at radius 3 is 2.11 bits per heavy atom. The van der Waals surface area contributed by atoms with E-state index in [4.69, 9.17) is 9.47 Å². The average Bonchev–Trinajstić information content (AvgIpc) is 2.96. The standard InChI is InChI=1S/C28H28F5N3O8/c1-10-24(38)14(9-13-17(29)19(31)21(33)20(32)18(13)30)34-27(41)22(35-26(40)12-5-3-4-6-15(12)37)11(2)44-28(42)23(36-25(10)39)16-7-8-43-16/h3-6,10-11,14,16,22-24,37-38H,7-9H2,1-2H3,(H,34,41)(H,35,40)(H,36,39). The SMILES string of the molecule is CC1OC(=O)C(C2CCO2)NC(=O)C(C)C(O)C(Cc2c(F)c(F)c(F)c(F)c2F)NC(=O)C1NC(=O)c1ccccc1O. The zero-order chi connectivity index (χ0) is 32.5. The third kappa shape index (κ3) is 6.45. The highest BCUT2D eigenvalue weighted by Crippen LogP contribution is 2.26. The van der Waals surface area contributed by atoms with Gasteiger partial charge in [0, 0.05) is 18.6 Å². The molecule has 238 valence electrons. The Labute approximate surface area is 246 Å². The van der Waals surface area contributed by atoms with Gasteiger partial charge in [0.05, 0.1) is 29.7 Å². The highest BCUT2D eigenvalue weighted by molar-refractivity contribution is 6.00. The third-order valence-electron chi connectivity index (χ3n) is 7.54. The number of hydrogen-bond donors (Lipinski definition) is 5. The van der Waals surface area contributed by atoms with Crippen molar-refractivity contribution in [2.24, 2.45) is 5.92 Å². The number of para-hydroxylation sites is 1. The molecule has 44 heavy (non-hydrogen) atoms. The van der Waals surface area contributed by atoms with E-state index in [0.29, 0.717) is 6.42 Å². The molecule has 0 saturated carbocycles. The van der Waals surface area contributed by atoms with Gasteiger partial charge in [0.2, 0.25) is 17.6 Å². The number of aromatic hydroxyl groups is 1. The monoisotopic (exact) mass is 629 g/mol. The molecule has 2 saturated heterocycles. The molecule has 7 unspecified atom stereocenters. The Bertz CT molecular complexity index is 1440. The fraction of sp³-hybridized carbons (Fsp3) is 0.429. The molecule has 7 atom stereocenters. The highest BCUT2D eigenvalue weighted by Gasteiger charge is 2.43. The van der Waals surface area contributed by atoms with Gasteiger partial charge in [0.15, 0.2) is 29.3 Å². The molecule has 2 heterocycles. The van der Waals surface area contributed by atoms with Gasteiger partial charge in [-0.05, 0) is 25.5 Å². The van der Waals surface area contributed by atoms with E-state index >= 15 is 0 Å². The average molecular weight is 630 g/mol. The number of aliphatic hydroxyl groups excluding tert-OH is 1. The predicted octanol–water partition coefficient (Wildman–Crippen LogP) is 1.13. The summed E-state index contributed by atoms with van der Waals surface area (Å²) in [6, 6.07) is 0.103. The van der Waals surface area contributed by atoms with E-state index in [-0.39, 0.29) is 12.2 Å². The summed E-state index contributed by atoms with van der Waals surface area (Å²) in [5, 5.41) is 28.0. The molecule has 0 aromatic heterocycles. The molecule has 2 aliphatic heterocycles. The molecular formula is C28H28F5N3O8. The molecule has 16 heteroatoms. The van der Waals surface area contributed by atoms with Crippen LogP contribution in [-0.2, 0) is 30.3 Å². The second kappa shape index (κ2) is 13.1. The van der Waals surface area contributed by atoms with Crippen molar-refractivity contribution in [1.82, 2.24) is 16.0 Å². The summed E-state index contributed by atoms with van der Waals surface area (Å²) >= 11 is 0. The number of carbonyl (C=O) groups excluding carboxylic acids is 4. The first-order valence-corrected chi connectivity index (χ1v) is 13.4. The van der Waals surface area contributed by atoms with Crippen LogP contribution >= 0.6 is 0 Å². The first-order chi connectivity index (χ1) is 20.7. The van der Waals surface area contributed by atoms with Crippen molar-refractivity contribution in [2.45, 2.75) is 63.1 Å². The number of hydrogen-bond acceptors (Lipinski definition) is 8. The van der Waals surface area contributed by atoms with Crippen LogP contribution in [0.5, 0.6) is 5.75 Å². The van der Waals surface area contributed by atoms with Crippen molar-refractivity contribution in [3.63, 3.8) is 0 Å². The lowest BCUT2D eigenvalue weighted by Crippen LogP contribution is -2.62. The van der Waals surface area contributed by atoms with Crippen molar-refractivity contribution < 1.29 is 60.8 Å². The number of esters is 1. The minimum Gasteiger partial charge on any atom is -0.507 e. The molecule has 4 rings (SSSR count). The number of carbonyl (C=O) groups is 4. The maximum absolute atomic E-state index is 14.6. The van der Waals surface area contributed by atoms with E-state index in [1.165, 1.54) is 31.2 Å². The van der Waals surface area contributed by atoms with Gasteiger partial charge in [-0.25, -0.2) is 26.7 Å². The lowest BCUT2D eigenvalue weighted by molar-refractivity contribution is -0.166. The maximum atomic E-state index is 14.6. The summed E-state index contributed by atoms with van der Waals surface area (Å²) < 4.78 is 81.6. The Morgan fingerprint density at radius 2 is 1.55 bits per heavy atom. The summed E-state index contributed by atoms with van der Waals surface area (Å²) in [7, 11) is 0. The predicted molar refractivity (Wildman–Crippen MR) is 138 cm³/mol. The van der Waals surface area contributed by atoms with E-state index in [0.717, 1.165) is 6.92 Å². The fourth-order valence-corrected chi connectivity index (χ4v) is 4.79. The highest BCUT2D eigenvalue weighted by atomic mass is 19.2. The molecule has 5 N–H and O–H groups in total. The number of amides is 3. The molecular weight excluding hydrogens is 601 g/mol. The Balaban J connectivity index is 1.75. The van der Waals surface area contributed by atoms with E-state index in [2.05, 4.69) is 16.0 Å². The van der Waals surface area contributed by atoms with Crippen LogP contribution in [0.4, 0.5) is 22.0 Å². The van der Waals surface area contributed by atoms with Gasteiger partial charge in [-0.3, -0.25) is 14.4 Å². The number of phenols is 1. The van der Waals surface area contributed by atoms with Crippen molar-refractivity contribution in [3.05, 3.63) is 64.5 Å². The van der Waals surface area contributed by atoms with Gasteiger partial charge < -0.3 is 35.6 Å². The molecule has 2 aromatic carbocycles. The van der Waals surface area contributed by atoms with Crippen LogP contribution in [-0.4, -0.2) is 76.9 Å². The first kappa shape index (κ1) is 32.6. The normalized spacial score (nSPS) is 28.0. The molecule has 2 aliphatic rings. The second-order valence-electron chi connectivity index (χ2n) is 10.4. The van der Waals surface area contributed by atoms with Gasteiger partial charge >= 0.3 is 5.97 Å². The number of cyclic esters (lactones) is 1. The topological polar surface area (TPSA) is 163 Å². The van der Waals surface area contributed by atoms with Crippen LogP contribution in [0.2, 0.25) is 0 Å². The van der Waals surface area contributed by atoms with Crippen molar-refractivity contribution in [2.75, 3.05) is 6.61 Å². The largest absolute Gasteiger partial charge is 0.507 e. The first-order valence-electron chi connectivity index (χ1n) is 13.4. The van der Waals surface area contributed by atoms with Crippen LogP contribution in [0.15, 0.2) is 24.3 Å². The zero-order valence-electron chi connectivity index (χ0n) is 23.2. The van der Waals surface area contributed by atoms with Gasteiger partial charge in [-0.1, -0.05) is 19.1 Å². The quantitative estimate of drug-likeness (QED) is 0.142.